The Hall–Kier alpha value is -6.52. The first-order chi connectivity index (χ1) is 25.8. The van der Waals surface area contributed by atoms with Gasteiger partial charge in [0.2, 0.25) is 0 Å². The van der Waals surface area contributed by atoms with E-state index in [9.17, 15) is 0 Å². The standard InChI is InChI=1S/C49H36N4/c1-27-21-28(2)45(29(3)22-27)34-18-20-41-42(25-34)38-15-8-9-16-40(38)46-47(52-31(5)53-49(41)46)35-12-10-11-32(23-35)33-17-19-39-36-13-6-7-14-37(36)44-26-50-30(4)51-48(44)43(39)24-33/h6-26H,1-5H3. The summed E-state index contributed by atoms with van der Waals surface area (Å²) in [6.45, 7) is 10.6. The maximum absolute atomic E-state index is 5.17. The monoisotopic (exact) mass is 680 g/mol. The lowest BCUT2D eigenvalue weighted by molar-refractivity contribution is 1.10. The lowest BCUT2D eigenvalue weighted by atomic mass is 9.89. The molecule has 0 amide bonds. The maximum atomic E-state index is 5.17. The van der Waals surface area contributed by atoms with Crippen molar-refractivity contribution in [2.45, 2.75) is 34.6 Å². The van der Waals surface area contributed by atoms with E-state index in [0.717, 1.165) is 72.0 Å². The number of hydrogen-bond acceptors (Lipinski definition) is 4. The molecular weight excluding hydrogens is 645 g/mol. The zero-order chi connectivity index (χ0) is 36.0. The predicted octanol–water partition coefficient (Wildman–Crippen LogP) is 12.7. The largest absolute Gasteiger partial charge is 0.241 e. The van der Waals surface area contributed by atoms with Crippen molar-refractivity contribution in [3.63, 3.8) is 0 Å². The van der Waals surface area contributed by atoms with Crippen molar-refractivity contribution in [2.24, 2.45) is 0 Å². The second-order valence-corrected chi connectivity index (χ2v) is 14.5. The topological polar surface area (TPSA) is 51.6 Å². The Morgan fingerprint density at radius 1 is 0.377 bits per heavy atom. The molecule has 4 heteroatoms. The minimum absolute atomic E-state index is 0.753. The summed E-state index contributed by atoms with van der Waals surface area (Å²) >= 11 is 0. The average molecular weight is 681 g/mol. The third-order valence-corrected chi connectivity index (χ3v) is 10.9. The summed E-state index contributed by atoms with van der Waals surface area (Å²) in [6.07, 6.45) is 1.97. The molecule has 0 saturated carbocycles. The normalized spacial score (nSPS) is 11.9. The van der Waals surface area contributed by atoms with E-state index in [2.05, 4.69) is 147 Å². The Balaban J connectivity index is 1.19. The summed E-state index contributed by atoms with van der Waals surface area (Å²) in [6, 6.07) is 44.3. The first kappa shape index (κ1) is 31.2. The molecule has 10 rings (SSSR count). The fourth-order valence-electron chi connectivity index (χ4n) is 8.76. The number of aryl methyl sites for hydroxylation is 5. The molecule has 0 bridgehead atoms. The minimum Gasteiger partial charge on any atom is -0.241 e. The van der Waals surface area contributed by atoms with Crippen molar-refractivity contribution in [3.8, 4) is 33.5 Å². The Morgan fingerprint density at radius 3 is 1.74 bits per heavy atom. The van der Waals surface area contributed by atoms with Gasteiger partial charge in [-0.1, -0.05) is 109 Å². The summed E-state index contributed by atoms with van der Waals surface area (Å²) in [5.74, 6) is 1.52. The van der Waals surface area contributed by atoms with E-state index in [1.807, 2.05) is 20.0 Å². The zero-order valence-corrected chi connectivity index (χ0v) is 30.4. The zero-order valence-electron chi connectivity index (χ0n) is 30.4. The van der Waals surface area contributed by atoms with Crippen LogP contribution in [0.25, 0.3) is 98.4 Å². The molecule has 0 saturated heterocycles. The van der Waals surface area contributed by atoms with Crippen LogP contribution in [0.4, 0.5) is 0 Å². The van der Waals surface area contributed by atoms with Gasteiger partial charge in [-0.2, -0.15) is 0 Å². The molecule has 2 aromatic heterocycles. The van der Waals surface area contributed by atoms with Gasteiger partial charge < -0.3 is 0 Å². The van der Waals surface area contributed by atoms with E-state index in [-0.39, 0.29) is 0 Å². The summed E-state index contributed by atoms with van der Waals surface area (Å²) in [4.78, 5) is 19.8. The van der Waals surface area contributed by atoms with Crippen molar-refractivity contribution in [1.82, 2.24) is 19.9 Å². The van der Waals surface area contributed by atoms with Gasteiger partial charge in [0, 0.05) is 33.3 Å². The SMILES string of the molecule is Cc1cc(C)c(-c2ccc3c(c2)c2ccccc2c2c(-c4cccc(-c5ccc6c7ccccc7c7cnc(C)nc7c6c5)c4)nc(C)nc32)c(C)c1. The molecule has 10 aromatic rings. The number of nitrogens with zero attached hydrogens (tertiary/aromatic N) is 4. The van der Waals surface area contributed by atoms with Gasteiger partial charge in [-0.05, 0) is 119 Å². The number of rotatable bonds is 3. The van der Waals surface area contributed by atoms with Gasteiger partial charge in [-0.25, -0.2) is 19.9 Å². The smallest absolute Gasteiger partial charge is 0.126 e. The number of hydrogen-bond donors (Lipinski definition) is 0. The summed E-state index contributed by atoms with van der Waals surface area (Å²) in [7, 11) is 0. The van der Waals surface area contributed by atoms with Crippen LogP contribution in [0.15, 0.2) is 128 Å². The molecule has 53 heavy (non-hydrogen) atoms. The van der Waals surface area contributed by atoms with E-state index < -0.39 is 0 Å². The van der Waals surface area contributed by atoms with Crippen molar-refractivity contribution in [3.05, 3.63) is 156 Å². The molecule has 0 fully saturated rings. The molecule has 0 unspecified atom stereocenters. The third kappa shape index (κ3) is 4.90. The van der Waals surface area contributed by atoms with Crippen LogP contribution in [0.1, 0.15) is 28.3 Å². The fourth-order valence-corrected chi connectivity index (χ4v) is 8.76. The highest BCUT2D eigenvalue weighted by Crippen LogP contribution is 2.42. The van der Waals surface area contributed by atoms with Gasteiger partial charge in [0.25, 0.3) is 0 Å². The average Bonchev–Trinajstić information content (AvgIpc) is 3.17. The molecule has 0 radical (unpaired) electrons. The second kappa shape index (κ2) is 11.8. The number of fused-ring (bicyclic) bond motifs is 12. The van der Waals surface area contributed by atoms with Crippen LogP contribution in [0, 0.1) is 34.6 Å². The predicted molar refractivity (Wildman–Crippen MR) is 223 cm³/mol. The molecular formula is C49H36N4. The van der Waals surface area contributed by atoms with Gasteiger partial charge in [0.05, 0.1) is 16.7 Å². The van der Waals surface area contributed by atoms with Crippen molar-refractivity contribution in [2.75, 3.05) is 0 Å². The van der Waals surface area contributed by atoms with Gasteiger partial charge >= 0.3 is 0 Å². The lowest BCUT2D eigenvalue weighted by Crippen LogP contribution is -1.97. The third-order valence-electron chi connectivity index (χ3n) is 10.9. The summed E-state index contributed by atoms with van der Waals surface area (Å²) in [5, 5.41) is 11.6. The van der Waals surface area contributed by atoms with E-state index in [4.69, 9.17) is 15.0 Å². The molecule has 2 heterocycles. The molecule has 0 spiro atoms. The van der Waals surface area contributed by atoms with Crippen molar-refractivity contribution < 1.29 is 0 Å². The summed E-state index contributed by atoms with van der Waals surface area (Å²) < 4.78 is 0. The van der Waals surface area contributed by atoms with E-state index in [1.165, 1.54) is 54.7 Å². The Morgan fingerprint density at radius 2 is 0.962 bits per heavy atom. The van der Waals surface area contributed by atoms with Crippen LogP contribution in [0.3, 0.4) is 0 Å². The van der Waals surface area contributed by atoms with Gasteiger partial charge in [-0.3, -0.25) is 0 Å². The highest BCUT2D eigenvalue weighted by molar-refractivity contribution is 6.27. The van der Waals surface area contributed by atoms with Gasteiger partial charge in [0.15, 0.2) is 0 Å². The Kier molecular flexibility index (Phi) is 6.93. The highest BCUT2D eigenvalue weighted by atomic mass is 14.9. The molecule has 0 aliphatic carbocycles. The van der Waals surface area contributed by atoms with E-state index >= 15 is 0 Å². The van der Waals surface area contributed by atoms with Crippen LogP contribution in [-0.2, 0) is 0 Å². The first-order valence-corrected chi connectivity index (χ1v) is 18.2. The maximum Gasteiger partial charge on any atom is 0.126 e. The summed E-state index contributed by atoms with van der Waals surface area (Å²) in [5.41, 5.74) is 12.6. The molecule has 0 aliphatic rings. The van der Waals surface area contributed by atoms with Crippen molar-refractivity contribution in [1.29, 1.82) is 0 Å². The van der Waals surface area contributed by atoms with Crippen LogP contribution in [0.5, 0.6) is 0 Å². The van der Waals surface area contributed by atoms with Gasteiger partial charge in [-0.15, -0.1) is 0 Å². The molecule has 0 N–H and O–H groups in total. The molecule has 252 valence electrons. The van der Waals surface area contributed by atoms with Crippen LogP contribution in [0.2, 0.25) is 0 Å². The lowest BCUT2D eigenvalue weighted by Gasteiger charge is -2.17. The van der Waals surface area contributed by atoms with Gasteiger partial charge in [0.1, 0.15) is 11.6 Å². The highest BCUT2D eigenvalue weighted by Gasteiger charge is 2.19. The van der Waals surface area contributed by atoms with Crippen LogP contribution >= 0.6 is 0 Å². The molecule has 4 nitrogen and oxygen atoms in total. The number of aromatic nitrogens is 4. The quantitative estimate of drug-likeness (QED) is 0.174. The van der Waals surface area contributed by atoms with E-state index in [0.29, 0.717) is 0 Å². The van der Waals surface area contributed by atoms with Crippen LogP contribution < -0.4 is 0 Å². The van der Waals surface area contributed by atoms with E-state index in [1.54, 1.807) is 0 Å². The molecule has 8 aromatic carbocycles. The molecule has 0 atom stereocenters. The minimum atomic E-state index is 0.753. The fraction of sp³-hybridized carbons (Fsp3) is 0.102. The molecule has 0 aliphatic heterocycles. The Bertz CT molecular complexity index is 3150. The Labute approximate surface area is 307 Å². The first-order valence-electron chi connectivity index (χ1n) is 18.2. The van der Waals surface area contributed by atoms with Crippen molar-refractivity contribution >= 4 is 64.9 Å². The second-order valence-electron chi connectivity index (χ2n) is 14.5. The number of benzene rings is 8. The van der Waals surface area contributed by atoms with Crippen LogP contribution in [-0.4, -0.2) is 19.9 Å².